The van der Waals surface area contributed by atoms with E-state index in [1.165, 1.54) is 0 Å². The first-order chi connectivity index (χ1) is 21.5. The van der Waals surface area contributed by atoms with Gasteiger partial charge in [0.05, 0.1) is 22.8 Å². The maximum Gasteiger partial charge on any atom is 0.101 e. The summed E-state index contributed by atoms with van der Waals surface area (Å²) in [6.07, 6.45) is 2.40. The number of anilines is 3. The first kappa shape index (κ1) is 27.8. The van der Waals surface area contributed by atoms with Crippen molar-refractivity contribution < 1.29 is 0 Å². The maximum atomic E-state index is 9.59. The third-order valence-corrected chi connectivity index (χ3v) is 8.09. The van der Waals surface area contributed by atoms with Crippen LogP contribution in [-0.4, -0.2) is 0 Å². The van der Waals surface area contributed by atoms with Crippen LogP contribution in [0.5, 0.6) is 0 Å². The summed E-state index contributed by atoms with van der Waals surface area (Å²) in [5, 5.41) is 40.1. The molecule has 0 saturated heterocycles. The van der Waals surface area contributed by atoms with E-state index < -0.39 is 0 Å². The Kier molecular flexibility index (Phi) is 7.47. The maximum absolute atomic E-state index is 9.59. The van der Waals surface area contributed by atoms with E-state index in [4.69, 9.17) is 0 Å². The molecule has 0 saturated carbocycles. The quantitative estimate of drug-likeness (QED) is 0.212. The molecule has 0 amide bonds. The van der Waals surface area contributed by atoms with Crippen molar-refractivity contribution in [3.8, 4) is 35.4 Å². The van der Waals surface area contributed by atoms with Crippen LogP contribution in [0.3, 0.4) is 0 Å². The summed E-state index contributed by atoms with van der Waals surface area (Å²) in [6.45, 7) is 2.08. The standard InChI is InChI=1S/C39H25N5/c1-26-18-33(23-41)35(25-43)21-39(26)29-11-15-37(16-12-29)44(38-17-10-27-4-2-3-5-30(27)20-38)36-13-8-28(9-14-36)31-6-7-32(22-40)34(19-31)24-42/h2-17,19-21,26H,18H2,1H3. The van der Waals surface area contributed by atoms with Gasteiger partial charge < -0.3 is 4.90 Å². The smallest absolute Gasteiger partial charge is 0.101 e. The zero-order valence-corrected chi connectivity index (χ0v) is 24.0. The van der Waals surface area contributed by atoms with Crippen LogP contribution in [0.15, 0.2) is 126 Å². The molecule has 6 rings (SSSR count). The van der Waals surface area contributed by atoms with Crippen LogP contribution in [0.25, 0.3) is 27.5 Å². The first-order valence-electron chi connectivity index (χ1n) is 14.2. The van der Waals surface area contributed by atoms with Crippen molar-refractivity contribution in [3.63, 3.8) is 0 Å². The Morgan fingerprint density at radius 2 is 1.18 bits per heavy atom. The molecule has 0 radical (unpaired) electrons. The van der Waals surface area contributed by atoms with Crippen molar-refractivity contribution in [2.24, 2.45) is 5.92 Å². The second-order valence-corrected chi connectivity index (χ2v) is 10.8. The van der Waals surface area contributed by atoms with Crippen LogP contribution < -0.4 is 4.90 Å². The van der Waals surface area contributed by atoms with Gasteiger partial charge in [-0.1, -0.05) is 67.6 Å². The minimum Gasteiger partial charge on any atom is -0.310 e. The summed E-state index contributed by atoms with van der Waals surface area (Å²) in [5.74, 6) is 0.125. The van der Waals surface area contributed by atoms with Gasteiger partial charge in [-0.05, 0) is 100.0 Å². The summed E-state index contributed by atoms with van der Waals surface area (Å²) < 4.78 is 0. The van der Waals surface area contributed by atoms with Crippen molar-refractivity contribution in [1.29, 1.82) is 21.0 Å². The number of benzene rings is 5. The Morgan fingerprint density at radius 3 is 1.82 bits per heavy atom. The monoisotopic (exact) mass is 563 g/mol. The zero-order chi connectivity index (χ0) is 30.6. The van der Waals surface area contributed by atoms with E-state index >= 15 is 0 Å². The molecule has 44 heavy (non-hydrogen) atoms. The van der Waals surface area contributed by atoms with Gasteiger partial charge in [0.25, 0.3) is 0 Å². The lowest BCUT2D eigenvalue weighted by Gasteiger charge is -2.27. The number of hydrogen-bond acceptors (Lipinski definition) is 5. The predicted octanol–water partition coefficient (Wildman–Crippen LogP) is 9.49. The normalized spacial score (nSPS) is 14.1. The summed E-state index contributed by atoms with van der Waals surface area (Å²) in [6, 6.07) is 45.0. The van der Waals surface area contributed by atoms with Gasteiger partial charge >= 0.3 is 0 Å². The molecule has 0 fully saturated rings. The molecule has 5 nitrogen and oxygen atoms in total. The number of fused-ring (bicyclic) bond motifs is 1. The molecule has 1 aliphatic rings. The van der Waals surface area contributed by atoms with Gasteiger partial charge in [0.15, 0.2) is 0 Å². The van der Waals surface area contributed by atoms with Gasteiger partial charge in [0, 0.05) is 22.6 Å². The molecule has 5 aromatic carbocycles. The van der Waals surface area contributed by atoms with Gasteiger partial charge in [-0.25, -0.2) is 0 Å². The van der Waals surface area contributed by atoms with Gasteiger partial charge in [0.2, 0.25) is 0 Å². The van der Waals surface area contributed by atoms with Gasteiger partial charge in [0.1, 0.15) is 18.2 Å². The third-order valence-electron chi connectivity index (χ3n) is 8.09. The van der Waals surface area contributed by atoms with E-state index in [0.717, 1.165) is 50.1 Å². The van der Waals surface area contributed by atoms with Crippen LogP contribution in [0.2, 0.25) is 0 Å². The first-order valence-corrected chi connectivity index (χ1v) is 14.2. The van der Waals surface area contributed by atoms with Gasteiger partial charge in [-0.15, -0.1) is 0 Å². The van der Waals surface area contributed by atoms with Crippen molar-refractivity contribution in [1.82, 2.24) is 0 Å². The molecule has 0 spiro atoms. The average molecular weight is 564 g/mol. The fourth-order valence-electron chi connectivity index (χ4n) is 5.77. The second kappa shape index (κ2) is 11.8. The minimum absolute atomic E-state index is 0.125. The lowest BCUT2D eigenvalue weighted by Crippen LogP contribution is -2.11. The number of rotatable bonds is 5. The largest absolute Gasteiger partial charge is 0.310 e. The molecule has 5 aromatic rings. The fourth-order valence-corrected chi connectivity index (χ4v) is 5.77. The molecular formula is C39H25N5. The molecule has 0 aliphatic heterocycles. The molecule has 1 atom stereocenters. The molecule has 0 bridgehead atoms. The average Bonchev–Trinajstić information content (AvgIpc) is 3.08. The van der Waals surface area contributed by atoms with E-state index in [-0.39, 0.29) is 5.92 Å². The topological polar surface area (TPSA) is 98.4 Å². The third kappa shape index (κ3) is 5.19. The minimum atomic E-state index is 0.125. The Morgan fingerprint density at radius 1 is 0.568 bits per heavy atom. The number of nitriles is 4. The van der Waals surface area contributed by atoms with E-state index in [9.17, 15) is 21.0 Å². The van der Waals surface area contributed by atoms with Crippen LogP contribution >= 0.6 is 0 Å². The predicted molar refractivity (Wildman–Crippen MR) is 174 cm³/mol. The Labute approximate surface area is 256 Å². The molecule has 0 aromatic heterocycles. The van der Waals surface area contributed by atoms with Crippen molar-refractivity contribution >= 4 is 33.4 Å². The van der Waals surface area contributed by atoms with Crippen LogP contribution in [-0.2, 0) is 0 Å². The lowest BCUT2D eigenvalue weighted by atomic mass is 9.82. The summed E-state index contributed by atoms with van der Waals surface area (Å²) in [7, 11) is 0. The van der Waals surface area contributed by atoms with E-state index in [1.807, 2.05) is 36.4 Å². The van der Waals surface area contributed by atoms with E-state index in [0.29, 0.717) is 28.7 Å². The summed E-state index contributed by atoms with van der Waals surface area (Å²) in [5.41, 5.74) is 8.52. The molecule has 5 heteroatoms. The number of nitrogens with zero attached hydrogens (tertiary/aromatic N) is 5. The second-order valence-electron chi connectivity index (χ2n) is 10.8. The SMILES string of the molecule is CC1CC(C#N)=C(C#N)C=C1c1ccc(N(c2ccc(-c3ccc(C#N)c(C#N)c3)cc2)c2ccc3ccccc3c2)cc1. The van der Waals surface area contributed by atoms with Crippen molar-refractivity contribution in [3.05, 3.63) is 143 Å². The van der Waals surface area contributed by atoms with Gasteiger partial charge in [-0.2, -0.15) is 21.0 Å². The molecule has 1 unspecified atom stereocenters. The van der Waals surface area contributed by atoms with Crippen molar-refractivity contribution in [2.75, 3.05) is 4.90 Å². The molecule has 1 aliphatic carbocycles. The summed E-state index contributed by atoms with van der Waals surface area (Å²) in [4.78, 5) is 2.20. The Bertz CT molecular complexity index is 2140. The Hall–Kier alpha value is -6.40. The lowest BCUT2D eigenvalue weighted by molar-refractivity contribution is 0.737. The Balaban J connectivity index is 1.41. The van der Waals surface area contributed by atoms with E-state index in [2.05, 4.69) is 103 Å². The van der Waals surface area contributed by atoms with Crippen LogP contribution in [0, 0.1) is 51.2 Å². The fraction of sp³-hybridized carbons (Fsp3) is 0.0769. The van der Waals surface area contributed by atoms with Crippen molar-refractivity contribution in [2.45, 2.75) is 13.3 Å². The van der Waals surface area contributed by atoms with Gasteiger partial charge in [-0.3, -0.25) is 0 Å². The number of allylic oxidation sites excluding steroid dienone is 4. The zero-order valence-electron chi connectivity index (χ0n) is 24.0. The molecule has 0 heterocycles. The molecule has 0 N–H and O–H groups in total. The highest BCUT2D eigenvalue weighted by Gasteiger charge is 2.22. The number of hydrogen-bond donors (Lipinski definition) is 0. The van der Waals surface area contributed by atoms with Crippen LogP contribution in [0.4, 0.5) is 17.1 Å². The molecular weight excluding hydrogens is 538 g/mol. The van der Waals surface area contributed by atoms with Crippen LogP contribution in [0.1, 0.15) is 30.0 Å². The highest BCUT2D eigenvalue weighted by atomic mass is 15.1. The highest BCUT2D eigenvalue weighted by molar-refractivity contribution is 5.89. The highest BCUT2D eigenvalue weighted by Crippen LogP contribution is 2.40. The summed E-state index contributed by atoms with van der Waals surface area (Å²) >= 11 is 0. The van der Waals surface area contributed by atoms with E-state index in [1.54, 1.807) is 12.1 Å². The molecule has 206 valence electrons.